The zero-order valence-corrected chi connectivity index (χ0v) is 15.1. The molecule has 0 radical (unpaired) electrons. The summed E-state index contributed by atoms with van der Waals surface area (Å²) in [5.41, 5.74) is 2.19. The lowest BCUT2D eigenvalue weighted by atomic mass is 9.96. The molecule has 0 saturated heterocycles. The topological polar surface area (TPSA) is 98.5 Å². The molecule has 1 saturated carbocycles. The Morgan fingerprint density at radius 2 is 2.16 bits per heavy atom. The highest BCUT2D eigenvalue weighted by Gasteiger charge is 2.21. The SMILES string of the molecule is O=C(CSc1nnnn1C1CCCCC1)Nc1cccc2nsnc12. The Labute approximate surface area is 152 Å². The second-order valence-electron chi connectivity index (χ2n) is 5.97. The third kappa shape index (κ3) is 3.64. The third-order valence-corrected chi connectivity index (χ3v) is 5.75. The number of fused-ring (bicyclic) bond motifs is 1. The van der Waals surface area contributed by atoms with E-state index in [1.807, 2.05) is 22.9 Å². The summed E-state index contributed by atoms with van der Waals surface area (Å²) in [5, 5.41) is 15.6. The first kappa shape index (κ1) is 16.4. The predicted octanol–water partition coefficient (Wildman–Crippen LogP) is 2.91. The number of rotatable bonds is 5. The molecule has 1 fully saturated rings. The number of anilines is 1. The zero-order chi connectivity index (χ0) is 17.1. The average molecular weight is 375 g/mol. The van der Waals surface area contributed by atoms with Crippen molar-refractivity contribution in [2.45, 2.75) is 43.3 Å². The number of nitrogens with one attached hydrogen (secondary N) is 1. The Kier molecular flexibility index (Phi) is 4.88. The number of carbonyl (C=O) groups is 1. The molecule has 0 atom stereocenters. The monoisotopic (exact) mass is 375 g/mol. The van der Waals surface area contributed by atoms with Gasteiger partial charge in [0, 0.05) is 0 Å². The lowest BCUT2D eigenvalue weighted by molar-refractivity contribution is -0.113. The van der Waals surface area contributed by atoms with Crippen LogP contribution >= 0.6 is 23.5 Å². The number of nitrogens with zero attached hydrogens (tertiary/aromatic N) is 6. The van der Waals surface area contributed by atoms with Crippen molar-refractivity contribution < 1.29 is 4.79 Å². The van der Waals surface area contributed by atoms with Crippen LogP contribution in [0.1, 0.15) is 38.1 Å². The van der Waals surface area contributed by atoms with E-state index >= 15 is 0 Å². The molecule has 1 aromatic carbocycles. The molecule has 0 spiro atoms. The zero-order valence-electron chi connectivity index (χ0n) is 13.5. The maximum Gasteiger partial charge on any atom is 0.234 e. The Hall–Kier alpha value is -2.07. The highest BCUT2D eigenvalue weighted by atomic mass is 32.2. The van der Waals surface area contributed by atoms with Gasteiger partial charge in [0.05, 0.1) is 29.2 Å². The highest BCUT2D eigenvalue weighted by molar-refractivity contribution is 7.99. The van der Waals surface area contributed by atoms with E-state index in [-0.39, 0.29) is 11.7 Å². The predicted molar refractivity (Wildman–Crippen MR) is 96.7 cm³/mol. The Bertz CT molecular complexity index is 872. The van der Waals surface area contributed by atoms with E-state index in [4.69, 9.17) is 0 Å². The molecule has 130 valence electrons. The van der Waals surface area contributed by atoms with E-state index in [0.717, 1.165) is 35.6 Å². The van der Waals surface area contributed by atoms with Crippen LogP contribution in [0.4, 0.5) is 5.69 Å². The number of hydrogen-bond donors (Lipinski definition) is 1. The van der Waals surface area contributed by atoms with Crippen molar-refractivity contribution in [3.63, 3.8) is 0 Å². The van der Waals surface area contributed by atoms with Gasteiger partial charge >= 0.3 is 0 Å². The fourth-order valence-electron chi connectivity index (χ4n) is 3.06. The third-order valence-electron chi connectivity index (χ3n) is 4.28. The van der Waals surface area contributed by atoms with Crippen LogP contribution in [0.2, 0.25) is 0 Å². The molecule has 4 rings (SSSR count). The largest absolute Gasteiger partial charge is 0.323 e. The molecule has 25 heavy (non-hydrogen) atoms. The number of tetrazole rings is 1. The molecule has 1 aliphatic carbocycles. The van der Waals surface area contributed by atoms with Gasteiger partial charge in [-0.3, -0.25) is 4.79 Å². The van der Waals surface area contributed by atoms with Crippen LogP contribution in [0.3, 0.4) is 0 Å². The van der Waals surface area contributed by atoms with Gasteiger partial charge in [0.1, 0.15) is 11.0 Å². The first-order chi connectivity index (χ1) is 12.3. The fourth-order valence-corrected chi connectivity index (χ4v) is 4.35. The smallest absolute Gasteiger partial charge is 0.234 e. The van der Waals surface area contributed by atoms with Crippen molar-refractivity contribution in [3.05, 3.63) is 18.2 Å². The van der Waals surface area contributed by atoms with E-state index in [9.17, 15) is 4.79 Å². The molecule has 3 aromatic rings. The minimum absolute atomic E-state index is 0.108. The number of thioether (sulfide) groups is 1. The Balaban J connectivity index is 1.39. The van der Waals surface area contributed by atoms with Crippen LogP contribution in [0, 0.1) is 0 Å². The first-order valence-electron chi connectivity index (χ1n) is 8.23. The quantitative estimate of drug-likeness (QED) is 0.685. The van der Waals surface area contributed by atoms with E-state index in [2.05, 4.69) is 29.6 Å². The van der Waals surface area contributed by atoms with Gasteiger partial charge in [-0.1, -0.05) is 37.1 Å². The Morgan fingerprint density at radius 1 is 1.28 bits per heavy atom. The van der Waals surface area contributed by atoms with Gasteiger partial charge in [0.2, 0.25) is 11.1 Å². The van der Waals surface area contributed by atoms with Gasteiger partial charge < -0.3 is 5.32 Å². The molecular weight excluding hydrogens is 358 g/mol. The summed E-state index contributed by atoms with van der Waals surface area (Å²) in [5.74, 6) is 0.143. The summed E-state index contributed by atoms with van der Waals surface area (Å²) in [6.45, 7) is 0. The summed E-state index contributed by atoms with van der Waals surface area (Å²) in [7, 11) is 0. The van der Waals surface area contributed by atoms with Crippen LogP contribution in [0.25, 0.3) is 11.0 Å². The second kappa shape index (κ2) is 7.44. The minimum Gasteiger partial charge on any atom is -0.323 e. The van der Waals surface area contributed by atoms with E-state index < -0.39 is 0 Å². The van der Waals surface area contributed by atoms with Crippen molar-refractivity contribution in [2.75, 3.05) is 11.1 Å². The normalized spacial score (nSPS) is 15.5. The van der Waals surface area contributed by atoms with Crippen molar-refractivity contribution >= 4 is 46.1 Å². The van der Waals surface area contributed by atoms with Crippen molar-refractivity contribution in [1.82, 2.24) is 29.0 Å². The molecule has 10 heteroatoms. The van der Waals surface area contributed by atoms with Gasteiger partial charge in [-0.15, -0.1) is 5.10 Å². The second-order valence-corrected chi connectivity index (χ2v) is 7.44. The van der Waals surface area contributed by atoms with Crippen LogP contribution in [-0.2, 0) is 4.79 Å². The number of benzene rings is 1. The van der Waals surface area contributed by atoms with Crippen LogP contribution in [0.5, 0.6) is 0 Å². The summed E-state index contributed by atoms with van der Waals surface area (Å²) >= 11 is 2.50. The number of carbonyl (C=O) groups excluding carboxylic acids is 1. The summed E-state index contributed by atoms with van der Waals surface area (Å²) in [6, 6.07) is 5.92. The van der Waals surface area contributed by atoms with Gasteiger partial charge in [0.15, 0.2) is 0 Å². The standard InChI is InChI=1S/C15H17N7OS2/c23-13(16-11-7-4-8-12-14(11)19-25-18-12)9-24-15-17-20-21-22(15)10-5-2-1-3-6-10/h4,7-8,10H,1-3,5-6,9H2,(H,16,23). The van der Waals surface area contributed by atoms with Gasteiger partial charge in [-0.25, -0.2) is 4.68 Å². The minimum atomic E-state index is -0.108. The first-order valence-corrected chi connectivity index (χ1v) is 9.94. The van der Waals surface area contributed by atoms with Crippen molar-refractivity contribution in [3.8, 4) is 0 Å². The molecule has 1 N–H and O–H groups in total. The summed E-state index contributed by atoms with van der Waals surface area (Å²) < 4.78 is 10.3. The lowest BCUT2D eigenvalue weighted by Gasteiger charge is -2.21. The van der Waals surface area contributed by atoms with Crippen molar-refractivity contribution in [2.24, 2.45) is 0 Å². The van der Waals surface area contributed by atoms with E-state index in [1.165, 1.54) is 31.0 Å². The number of hydrogen-bond acceptors (Lipinski definition) is 8. The van der Waals surface area contributed by atoms with Gasteiger partial charge in [-0.2, -0.15) is 8.75 Å². The van der Waals surface area contributed by atoms with Gasteiger partial charge in [0.25, 0.3) is 0 Å². The molecule has 0 aliphatic heterocycles. The summed E-state index contributed by atoms with van der Waals surface area (Å²) in [4.78, 5) is 12.3. The fraction of sp³-hybridized carbons (Fsp3) is 0.467. The van der Waals surface area contributed by atoms with Gasteiger partial charge in [-0.05, 0) is 35.4 Å². The van der Waals surface area contributed by atoms with Crippen LogP contribution in [-0.4, -0.2) is 40.6 Å². The highest BCUT2D eigenvalue weighted by Crippen LogP contribution is 2.30. The molecule has 2 aromatic heterocycles. The molecule has 1 amide bonds. The molecule has 2 heterocycles. The van der Waals surface area contributed by atoms with E-state index in [0.29, 0.717) is 16.9 Å². The maximum atomic E-state index is 12.3. The maximum absolute atomic E-state index is 12.3. The van der Waals surface area contributed by atoms with Crippen LogP contribution in [0.15, 0.2) is 23.4 Å². The van der Waals surface area contributed by atoms with Crippen molar-refractivity contribution in [1.29, 1.82) is 0 Å². The summed E-state index contributed by atoms with van der Waals surface area (Å²) in [6.07, 6.45) is 5.90. The molecule has 1 aliphatic rings. The Morgan fingerprint density at radius 3 is 3.04 bits per heavy atom. The molecule has 0 bridgehead atoms. The molecular formula is C15H17N7OS2. The molecule has 8 nitrogen and oxygen atoms in total. The number of aromatic nitrogens is 6. The lowest BCUT2D eigenvalue weighted by Crippen LogP contribution is -2.17. The number of amides is 1. The van der Waals surface area contributed by atoms with E-state index in [1.54, 1.807) is 0 Å². The van der Waals surface area contributed by atoms with Crippen LogP contribution < -0.4 is 5.32 Å². The average Bonchev–Trinajstić information content (AvgIpc) is 3.30. The molecule has 0 unspecified atom stereocenters.